The van der Waals surface area contributed by atoms with E-state index >= 15 is 0 Å². The summed E-state index contributed by atoms with van der Waals surface area (Å²) in [6.45, 7) is 1.58. The Balaban J connectivity index is 1.97. The molecule has 1 aromatic heterocycles. The Labute approximate surface area is 106 Å². The minimum atomic E-state index is 0.675. The average molecular weight is 248 g/mol. The molecule has 4 heteroatoms. The molecule has 0 spiro atoms. The summed E-state index contributed by atoms with van der Waals surface area (Å²) >= 11 is 1.54. The highest BCUT2D eigenvalue weighted by Crippen LogP contribution is 2.25. The molecule has 2 rings (SSSR count). The third-order valence-corrected chi connectivity index (χ3v) is 3.07. The second-order valence-electron chi connectivity index (χ2n) is 4.02. The fourth-order valence-corrected chi connectivity index (χ4v) is 2.08. The first kappa shape index (κ1) is 12.1. The minimum Gasteiger partial charge on any atom is -0.469 e. The summed E-state index contributed by atoms with van der Waals surface area (Å²) in [5.74, 6) is 0. The predicted octanol–water partition coefficient (Wildman–Crippen LogP) is 2.75. The van der Waals surface area contributed by atoms with Gasteiger partial charge in [-0.2, -0.15) is 0 Å². The van der Waals surface area contributed by atoms with Crippen molar-refractivity contribution in [2.45, 2.75) is 0 Å². The van der Waals surface area contributed by atoms with E-state index in [0.717, 1.165) is 23.0 Å². The maximum atomic E-state index is 5.58. The van der Waals surface area contributed by atoms with Crippen LogP contribution in [0.2, 0.25) is 0 Å². The Morgan fingerprint density at radius 3 is 2.71 bits per heavy atom. The molecule has 0 atom stereocenters. The molecule has 1 aromatic carbocycles. The van der Waals surface area contributed by atoms with Crippen LogP contribution in [0.15, 0.2) is 35.7 Å². The molecule has 0 aliphatic carbocycles. The summed E-state index contributed by atoms with van der Waals surface area (Å²) in [6.07, 6.45) is 0. The van der Waals surface area contributed by atoms with E-state index < -0.39 is 0 Å². The van der Waals surface area contributed by atoms with Gasteiger partial charge in [-0.05, 0) is 14.1 Å². The van der Waals surface area contributed by atoms with Crippen LogP contribution in [0, 0.1) is 0 Å². The minimum absolute atomic E-state index is 0.675. The third-order valence-electron chi connectivity index (χ3n) is 2.32. The second-order valence-corrected chi connectivity index (χ2v) is 4.84. The Kier molecular flexibility index (Phi) is 4.12. The van der Waals surface area contributed by atoms with Crippen LogP contribution in [-0.4, -0.2) is 37.1 Å². The molecule has 1 heterocycles. The third kappa shape index (κ3) is 3.54. The Bertz CT molecular complexity index is 453. The van der Waals surface area contributed by atoms with Gasteiger partial charge in [-0.3, -0.25) is 0 Å². The molecule has 0 radical (unpaired) electrons. The van der Waals surface area contributed by atoms with Gasteiger partial charge < -0.3 is 9.64 Å². The lowest BCUT2D eigenvalue weighted by Crippen LogP contribution is -2.19. The molecule has 0 saturated heterocycles. The highest BCUT2D eigenvalue weighted by Gasteiger charge is 2.04. The van der Waals surface area contributed by atoms with Crippen molar-refractivity contribution in [3.63, 3.8) is 0 Å². The highest BCUT2D eigenvalue weighted by atomic mass is 32.1. The molecule has 0 fully saturated rings. The van der Waals surface area contributed by atoms with Crippen molar-refractivity contribution < 1.29 is 4.74 Å². The fourth-order valence-electron chi connectivity index (χ4n) is 1.38. The van der Waals surface area contributed by atoms with Gasteiger partial charge in [0.1, 0.15) is 6.61 Å². The summed E-state index contributed by atoms with van der Waals surface area (Å²) in [5, 5.41) is 2.77. The molecule has 90 valence electrons. The smallest absolute Gasteiger partial charge is 0.273 e. The number of thiazole rings is 1. The van der Waals surface area contributed by atoms with Gasteiger partial charge in [0, 0.05) is 17.5 Å². The first-order valence-electron chi connectivity index (χ1n) is 5.54. The lowest BCUT2D eigenvalue weighted by molar-refractivity contribution is 0.260. The van der Waals surface area contributed by atoms with Crippen molar-refractivity contribution in [2.24, 2.45) is 0 Å². The zero-order chi connectivity index (χ0) is 12.1. The molecule has 0 saturated carbocycles. The zero-order valence-electron chi connectivity index (χ0n) is 10.1. The summed E-state index contributed by atoms with van der Waals surface area (Å²) < 4.78 is 5.58. The molecule has 0 aliphatic rings. The number of nitrogens with zero attached hydrogens (tertiary/aromatic N) is 2. The summed E-state index contributed by atoms with van der Waals surface area (Å²) in [7, 11) is 4.06. The van der Waals surface area contributed by atoms with Gasteiger partial charge in [0.05, 0.1) is 5.69 Å². The van der Waals surface area contributed by atoms with Crippen LogP contribution in [0.3, 0.4) is 0 Å². The number of hydrogen-bond donors (Lipinski definition) is 0. The molecule has 0 amide bonds. The fraction of sp³-hybridized carbons (Fsp3) is 0.308. The van der Waals surface area contributed by atoms with Crippen LogP contribution >= 0.6 is 11.3 Å². The molecule has 0 N–H and O–H groups in total. The molecule has 2 aromatic rings. The van der Waals surface area contributed by atoms with E-state index in [2.05, 4.69) is 22.0 Å². The van der Waals surface area contributed by atoms with Gasteiger partial charge in [0.15, 0.2) is 0 Å². The van der Waals surface area contributed by atoms with E-state index in [1.807, 2.05) is 37.7 Å². The van der Waals surface area contributed by atoms with E-state index in [9.17, 15) is 0 Å². The van der Waals surface area contributed by atoms with E-state index in [1.165, 1.54) is 0 Å². The largest absolute Gasteiger partial charge is 0.469 e. The van der Waals surface area contributed by atoms with Crippen molar-refractivity contribution >= 4 is 11.3 Å². The number of benzene rings is 1. The molecule has 0 aliphatic heterocycles. The Morgan fingerprint density at radius 1 is 1.24 bits per heavy atom. The van der Waals surface area contributed by atoms with E-state index in [1.54, 1.807) is 11.3 Å². The predicted molar refractivity (Wildman–Crippen MR) is 71.6 cm³/mol. The first-order valence-corrected chi connectivity index (χ1v) is 6.42. The van der Waals surface area contributed by atoms with Crippen LogP contribution in [0.1, 0.15) is 0 Å². The van der Waals surface area contributed by atoms with Gasteiger partial charge in [-0.25, -0.2) is 4.98 Å². The van der Waals surface area contributed by atoms with Crippen LogP contribution in [0.25, 0.3) is 11.3 Å². The molecular weight excluding hydrogens is 232 g/mol. The van der Waals surface area contributed by atoms with Gasteiger partial charge in [-0.15, -0.1) is 0 Å². The molecule has 3 nitrogen and oxygen atoms in total. The molecule has 17 heavy (non-hydrogen) atoms. The lowest BCUT2D eigenvalue weighted by atomic mass is 10.2. The number of rotatable bonds is 5. The van der Waals surface area contributed by atoms with Gasteiger partial charge in [0.25, 0.3) is 5.19 Å². The van der Waals surface area contributed by atoms with Gasteiger partial charge >= 0.3 is 0 Å². The topological polar surface area (TPSA) is 25.4 Å². The quantitative estimate of drug-likeness (QED) is 0.813. The van der Waals surface area contributed by atoms with E-state index in [4.69, 9.17) is 4.74 Å². The summed E-state index contributed by atoms with van der Waals surface area (Å²) in [4.78, 5) is 6.54. The van der Waals surface area contributed by atoms with E-state index in [-0.39, 0.29) is 0 Å². The highest BCUT2D eigenvalue weighted by molar-refractivity contribution is 7.11. The van der Waals surface area contributed by atoms with Crippen LogP contribution < -0.4 is 4.74 Å². The molecule has 0 bridgehead atoms. The molecular formula is C13H16N2OS. The number of hydrogen-bond acceptors (Lipinski definition) is 4. The van der Waals surface area contributed by atoms with Crippen molar-refractivity contribution in [3.05, 3.63) is 35.7 Å². The monoisotopic (exact) mass is 248 g/mol. The normalized spacial score (nSPS) is 10.8. The molecule has 0 unspecified atom stereocenters. The summed E-state index contributed by atoms with van der Waals surface area (Å²) in [5.41, 5.74) is 2.11. The van der Waals surface area contributed by atoms with Crippen LogP contribution in [0.5, 0.6) is 5.19 Å². The first-order chi connectivity index (χ1) is 8.25. The van der Waals surface area contributed by atoms with Crippen molar-refractivity contribution in [1.29, 1.82) is 0 Å². The number of aromatic nitrogens is 1. The van der Waals surface area contributed by atoms with Crippen molar-refractivity contribution in [3.8, 4) is 16.5 Å². The Hall–Kier alpha value is -1.39. The SMILES string of the molecule is CN(C)CCOc1nc(-c2ccccc2)cs1. The standard InChI is InChI=1S/C13H16N2OS/c1-15(2)8-9-16-13-14-12(10-17-13)11-6-4-3-5-7-11/h3-7,10H,8-9H2,1-2H3. The number of ether oxygens (including phenoxy) is 1. The summed E-state index contributed by atoms with van der Waals surface area (Å²) in [6, 6.07) is 10.1. The second kappa shape index (κ2) is 5.80. The Morgan fingerprint density at radius 2 is 2.00 bits per heavy atom. The lowest BCUT2D eigenvalue weighted by Gasteiger charge is -2.08. The van der Waals surface area contributed by atoms with Crippen molar-refractivity contribution in [1.82, 2.24) is 9.88 Å². The number of likely N-dealkylation sites (N-methyl/N-ethyl adjacent to an activating group) is 1. The van der Waals surface area contributed by atoms with Crippen LogP contribution in [-0.2, 0) is 0 Å². The maximum Gasteiger partial charge on any atom is 0.273 e. The van der Waals surface area contributed by atoms with Gasteiger partial charge in [-0.1, -0.05) is 41.7 Å². The average Bonchev–Trinajstić information content (AvgIpc) is 2.78. The maximum absolute atomic E-state index is 5.58. The van der Waals surface area contributed by atoms with Crippen molar-refractivity contribution in [2.75, 3.05) is 27.2 Å². The van der Waals surface area contributed by atoms with Crippen LogP contribution in [0.4, 0.5) is 0 Å². The van der Waals surface area contributed by atoms with Gasteiger partial charge in [0.2, 0.25) is 0 Å². The zero-order valence-corrected chi connectivity index (χ0v) is 10.9. The van der Waals surface area contributed by atoms with E-state index in [0.29, 0.717) is 6.61 Å².